The third-order valence-corrected chi connectivity index (χ3v) is 3.20. The average molecular weight is 282 g/mol. The summed E-state index contributed by atoms with van der Waals surface area (Å²) in [6.07, 6.45) is 2.34. The highest BCUT2D eigenvalue weighted by molar-refractivity contribution is 6.03. The van der Waals surface area contributed by atoms with Gasteiger partial charge in [-0.25, -0.2) is 9.78 Å². The molecule has 2 N–H and O–H groups in total. The lowest BCUT2D eigenvalue weighted by atomic mass is 10.1. The minimum atomic E-state index is -0.956. The summed E-state index contributed by atoms with van der Waals surface area (Å²) in [6.45, 7) is 0.623. The molecule has 0 aliphatic rings. The average Bonchev–Trinajstić information content (AvgIpc) is 2.99. The molecule has 0 unspecified atom stereocenters. The summed E-state index contributed by atoms with van der Waals surface area (Å²) in [7, 11) is 0. The molecular formula is C16H14N2O3. The number of rotatable bonds is 5. The highest BCUT2D eigenvalue weighted by Gasteiger charge is 2.11. The molecule has 0 spiro atoms. The number of benzene rings is 1. The number of nitrogens with one attached hydrogen (secondary N) is 1. The second-order valence-electron chi connectivity index (χ2n) is 4.63. The summed E-state index contributed by atoms with van der Waals surface area (Å²) in [5.41, 5.74) is 0.916. The van der Waals surface area contributed by atoms with E-state index in [0.717, 1.165) is 5.76 Å². The van der Waals surface area contributed by atoms with E-state index >= 15 is 0 Å². The molecule has 0 radical (unpaired) electrons. The van der Waals surface area contributed by atoms with E-state index < -0.39 is 5.97 Å². The number of carbonyl (C=O) groups is 1. The zero-order chi connectivity index (χ0) is 14.7. The highest BCUT2D eigenvalue weighted by Crippen LogP contribution is 2.20. The fourth-order valence-corrected chi connectivity index (χ4v) is 2.21. The van der Waals surface area contributed by atoms with Crippen LogP contribution in [0, 0.1) is 0 Å². The second-order valence-corrected chi connectivity index (χ2v) is 4.63. The van der Waals surface area contributed by atoms with E-state index in [9.17, 15) is 9.90 Å². The van der Waals surface area contributed by atoms with Crippen LogP contribution < -0.4 is 5.32 Å². The van der Waals surface area contributed by atoms with E-state index in [1.807, 2.05) is 18.2 Å². The zero-order valence-corrected chi connectivity index (χ0v) is 11.2. The number of nitrogens with zero attached hydrogens (tertiary/aromatic N) is 1. The van der Waals surface area contributed by atoms with E-state index in [4.69, 9.17) is 4.42 Å². The number of pyridine rings is 1. The van der Waals surface area contributed by atoms with Gasteiger partial charge in [0.25, 0.3) is 0 Å². The number of hydrogen-bond donors (Lipinski definition) is 2. The Kier molecular flexibility index (Phi) is 3.55. The minimum Gasteiger partial charge on any atom is -0.478 e. The molecule has 0 fully saturated rings. The number of hydrogen-bond acceptors (Lipinski definition) is 4. The standard InChI is InChI=1S/C16H14N2O3/c19-16(20)13-10-15(17-8-7-11-4-3-9-21-11)18-14-6-2-1-5-12(13)14/h1-6,9-10H,7-8H2,(H,17,18)(H,19,20). The number of fused-ring (bicyclic) bond motifs is 1. The molecule has 21 heavy (non-hydrogen) atoms. The molecule has 0 atom stereocenters. The Hall–Kier alpha value is -2.82. The largest absolute Gasteiger partial charge is 0.478 e. The van der Waals surface area contributed by atoms with Gasteiger partial charge >= 0.3 is 5.97 Å². The first-order valence-corrected chi connectivity index (χ1v) is 6.63. The van der Waals surface area contributed by atoms with Gasteiger partial charge in [0.05, 0.1) is 17.3 Å². The number of furan rings is 1. The van der Waals surface area contributed by atoms with Gasteiger partial charge in [-0.1, -0.05) is 18.2 Å². The fourth-order valence-electron chi connectivity index (χ4n) is 2.21. The Bertz CT molecular complexity index is 766. The highest BCUT2D eigenvalue weighted by atomic mass is 16.4. The van der Waals surface area contributed by atoms with Crippen molar-refractivity contribution in [2.75, 3.05) is 11.9 Å². The predicted molar refractivity (Wildman–Crippen MR) is 79.6 cm³/mol. The van der Waals surface area contributed by atoms with Gasteiger partial charge in [-0.3, -0.25) is 0 Å². The molecule has 106 valence electrons. The summed E-state index contributed by atoms with van der Waals surface area (Å²) in [6, 6.07) is 12.5. The molecule has 2 aromatic heterocycles. The van der Waals surface area contributed by atoms with Gasteiger partial charge < -0.3 is 14.8 Å². The van der Waals surface area contributed by atoms with Crippen molar-refractivity contribution in [3.8, 4) is 0 Å². The van der Waals surface area contributed by atoms with Crippen LogP contribution in [0.3, 0.4) is 0 Å². The lowest BCUT2D eigenvalue weighted by Gasteiger charge is -2.08. The Balaban J connectivity index is 1.83. The van der Waals surface area contributed by atoms with Gasteiger partial charge in [0, 0.05) is 18.4 Å². The van der Waals surface area contributed by atoms with Crippen LogP contribution in [0.4, 0.5) is 5.82 Å². The maximum Gasteiger partial charge on any atom is 0.336 e. The summed E-state index contributed by atoms with van der Waals surface area (Å²) in [4.78, 5) is 15.8. The smallest absolute Gasteiger partial charge is 0.336 e. The van der Waals surface area contributed by atoms with E-state index in [-0.39, 0.29) is 5.56 Å². The maximum absolute atomic E-state index is 11.4. The van der Waals surface area contributed by atoms with Crippen LogP contribution in [0.2, 0.25) is 0 Å². The number of para-hydroxylation sites is 1. The molecule has 0 aliphatic carbocycles. The van der Waals surface area contributed by atoms with Crippen molar-refractivity contribution in [3.63, 3.8) is 0 Å². The quantitative estimate of drug-likeness (QED) is 0.751. The molecule has 0 saturated heterocycles. The van der Waals surface area contributed by atoms with Crippen LogP contribution in [-0.4, -0.2) is 22.6 Å². The Morgan fingerprint density at radius 1 is 1.24 bits per heavy atom. The van der Waals surface area contributed by atoms with Crippen LogP contribution in [0.5, 0.6) is 0 Å². The molecular weight excluding hydrogens is 268 g/mol. The Morgan fingerprint density at radius 2 is 2.10 bits per heavy atom. The maximum atomic E-state index is 11.4. The Labute approximate surface area is 121 Å². The van der Waals surface area contributed by atoms with Crippen molar-refractivity contribution < 1.29 is 14.3 Å². The molecule has 3 aromatic rings. The van der Waals surface area contributed by atoms with Crippen LogP contribution in [0.15, 0.2) is 53.1 Å². The molecule has 0 amide bonds. The first-order valence-electron chi connectivity index (χ1n) is 6.63. The van der Waals surface area contributed by atoms with Crippen LogP contribution in [-0.2, 0) is 6.42 Å². The number of anilines is 1. The summed E-state index contributed by atoms with van der Waals surface area (Å²) < 4.78 is 5.25. The van der Waals surface area contributed by atoms with Gasteiger partial charge in [-0.15, -0.1) is 0 Å². The molecule has 0 saturated carbocycles. The Morgan fingerprint density at radius 3 is 2.86 bits per heavy atom. The topological polar surface area (TPSA) is 75.4 Å². The van der Waals surface area contributed by atoms with E-state index in [1.165, 1.54) is 0 Å². The summed E-state index contributed by atoms with van der Waals surface area (Å²) in [5.74, 6) is 0.474. The van der Waals surface area contributed by atoms with Crippen LogP contribution >= 0.6 is 0 Å². The SMILES string of the molecule is O=C(O)c1cc(NCCc2ccco2)nc2ccccc12. The minimum absolute atomic E-state index is 0.251. The van der Waals surface area contributed by atoms with Gasteiger partial charge in [0.1, 0.15) is 11.6 Å². The lowest BCUT2D eigenvalue weighted by molar-refractivity contribution is 0.0699. The third-order valence-electron chi connectivity index (χ3n) is 3.20. The number of carboxylic acids is 1. The first kappa shape index (κ1) is 13.2. The lowest BCUT2D eigenvalue weighted by Crippen LogP contribution is -2.08. The molecule has 1 aromatic carbocycles. The van der Waals surface area contributed by atoms with Crippen molar-refractivity contribution in [1.82, 2.24) is 4.98 Å². The van der Waals surface area contributed by atoms with E-state index in [1.54, 1.807) is 30.5 Å². The normalized spacial score (nSPS) is 10.7. The molecule has 0 aliphatic heterocycles. The molecule has 2 heterocycles. The second kappa shape index (κ2) is 5.66. The zero-order valence-electron chi connectivity index (χ0n) is 11.2. The van der Waals surface area contributed by atoms with Gasteiger partial charge in [0.15, 0.2) is 0 Å². The number of aromatic carboxylic acids is 1. The molecule has 0 bridgehead atoms. The first-order chi connectivity index (χ1) is 10.2. The third kappa shape index (κ3) is 2.86. The molecule has 5 heteroatoms. The molecule has 3 rings (SSSR count). The number of aromatic nitrogens is 1. The number of carboxylic acid groups (broad SMARTS) is 1. The van der Waals surface area contributed by atoms with Crippen molar-refractivity contribution in [1.29, 1.82) is 0 Å². The van der Waals surface area contributed by atoms with E-state index in [2.05, 4.69) is 10.3 Å². The van der Waals surface area contributed by atoms with Crippen molar-refractivity contribution >= 4 is 22.7 Å². The van der Waals surface area contributed by atoms with Crippen molar-refractivity contribution in [3.05, 3.63) is 60.1 Å². The van der Waals surface area contributed by atoms with E-state index in [0.29, 0.717) is 29.7 Å². The fraction of sp³-hybridized carbons (Fsp3) is 0.125. The van der Waals surface area contributed by atoms with Gasteiger partial charge in [-0.2, -0.15) is 0 Å². The van der Waals surface area contributed by atoms with Gasteiger partial charge in [0.2, 0.25) is 0 Å². The van der Waals surface area contributed by atoms with Crippen LogP contribution in [0.25, 0.3) is 10.9 Å². The summed E-state index contributed by atoms with van der Waals surface area (Å²) in [5, 5.41) is 13.1. The predicted octanol–water partition coefficient (Wildman–Crippen LogP) is 3.18. The van der Waals surface area contributed by atoms with Crippen molar-refractivity contribution in [2.24, 2.45) is 0 Å². The van der Waals surface area contributed by atoms with Gasteiger partial charge in [-0.05, 0) is 24.3 Å². The summed E-state index contributed by atoms with van der Waals surface area (Å²) >= 11 is 0. The molecule has 5 nitrogen and oxygen atoms in total. The monoisotopic (exact) mass is 282 g/mol. The van der Waals surface area contributed by atoms with Crippen LogP contribution in [0.1, 0.15) is 16.1 Å². The van der Waals surface area contributed by atoms with Crippen molar-refractivity contribution in [2.45, 2.75) is 6.42 Å².